The summed E-state index contributed by atoms with van der Waals surface area (Å²) in [5.74, 6) is -0.0681. The summed E-state index contributed by atoms with van der Waals surface area (Å²) in [4.78, 5) is 30.1. The SMILES string of the molecule is CC(C)(C)OC(=O)N1CCC[C@H]1C(=O)c1cccnc1. The third-order valence-corrected chi connectivity index (χ3v) is 3.13. The van der Waals surface area contributed by atoms with Crippen molar-refractivity contribution >= 4 is 11.9 Å². The minimum absolute atomic E-state index is 0.0681. The maximum absolute atomic E-state index is 12.4. The van der Waals surface area contributed by atoms with Crippen LogP contribution in [-0.2, 0) is 4.74 Å². The Labute approximate surface area is 118 Å². The van der Waals surface area contributed by atoms with Crippen LogP contribution in [-0.4, -0.2) is 39.9 Å². The predicted molar refractivity (Wildman–Crippen MR) is 74.5 cm³/mol. The Kier molecular flexibility index (Phi) is 4.06. The molecule has 1 amide bonds. The Morgan fingerprint density at radius 3 is 2.75 bits per heavy atom. The Hall–Kier alpha value is -1.91. The van der Waals surface area contributed by atoms with Crippen LogP contribution in [0.3, 0.4) is 0 Å². The number of ether oxygens (including phenoxy) is 1. The van der Waals surface area contributed by atoms with Gasteiger partial charge in [0.05, 0.1) is 6.04 Å². The maximum atomic E-state index is 12.4. The number of aromatic nitrogens is 1. The second-order valence-electron chi connectivity index (χ2n) is 5.94. The van der Waals surface area contributed by atoms with Gasteiger partial charge in [0.2, 0.25) is 0 Å². The molecule has 1 aromatic heterocycles. The molecule has 2 heterocycles. The average molecular weight is 276 g/mol. The fraction of sp³-hybridized carbons (Fsp3) is 0.533. The van der Waals surface area contributed by atoms with Crippen molar-refractivity contribution in [1.82, 2.24) is 9.88 Å². The molecule has 1 fully saturated rings. The lowest BCUT2D eigenvalue weighted by molar-refractivity contribution is 0.0222. The number of hydrogen-bond donors (Lipinski definition) is 0. The molecule has 0 radical (unpaired) electrons. The molecule has 108 valence electrons. The molecular formula is C15H20N2O3. The molecule has 1 aliphatic rings. The molecule has 20 heavy (non-hydrogen) atoms. The van der Waals surface area contributed by atoms with E-state index in [0.29, 0.717) is 18.5 Å². The standard InChI is InChI=1S/C15H20N2O3/c1-15(2,3)20-14(19)17-9-5-7-12(17)13(18)11-6-4-8-16-10-11/h4,6,8,10,12H,5,7,9H2,1-3H3/t12-/m0/s1. The van der Waals surface area contributed by atoms with E-state index in [9.17, 15) is 9.59 Å². The smallest absolute Gasteiger partial charge is 0.410 e. The molecule has 0 unspecified atom stereocenters. The molecule has 0 saturated carbocycles. The van der Waals surface area contributed by atoms with E-state index < -0.39 is 17.7 Å². The summed E-state index contributed by atoms with van der Waals surface area (Å²) in [6.07, 6.45) is 4.23. The highest BCUT2D eigenvalue weighted by Gasteiger charge is 2.36. The maximum Gasteiger partial charge on any atom is 0.410 e. The van der Waals surface area contributed by atoms with E-state index >= 15 is 0 Å². The molecule has 1 atom stereocenters. The Bertz CT molecular complexity index is 494. The molecular weight excluding hydrogens is 256 g/mol. The summed E-state index contributed by atoms with van der Waals surface area (Å²) in [6.45, 7) is 6.02. The van der Waals surface area contributed by atoms with Crippen molar-refractivity contribution in [2.45, 2.75) is 45.3 Å². The zero-order valence-corrected chi connectivity index (χ0v) is 12.1. The predicted octanol–water partition coefficient (Wildman–Crippen LogP) is 2.66. The summed E-state index contributed by atoms with van der Waals surface area (Å²) in [6, 6.07) is 3.01. The normalized spacial score (nSPS) is 18.9. The van der Waals surface area contributed by atoms with Gasteiger partial charge >= 0.3 is 6.09 Å². The first-order valence-electron chi connectivity index (χ1n) is 6.82. The van der Waals surface area contributed by atoms with Gasteiger partial charge < -0.3 is 4.74 Å². The third kappa shape index (κ3) is 3.35. The number of ketones is 1. The molecule has 2 rings (SSSR count). The number of pyridine rings is 1. The zero-order valence-electron chi connectivity index (χ0n) is 12.1. The highest BCUT2D eigenvalue weighted by Crippen LogP contribution is 2.23. The molecule has 0 bridgehead atoms. The topological polar surface area (TPSA) is 59.5 Å². The Morgan fingerprint density at radius 1 is 1.40 bits per heavy atom. The lowest BCUT2D eigenvalue weighted by atomic mass is 10.0. The van der Waals surface area contributed by atoms with Gasteiger partial charge in [-0.1, -0.05) is 0 Å². The van der Waals surface area contributed by atoms with Gasteiger partial charge in [0.1, 0.15) is 5.60 Å². The van der Waals surface area contributed by atoms with Crippen molar-refractivity contribution in [2.24, 2.45) is 0 Å². The number of nitrogens with zero attached hydrogens (tertiary/aromatic N) is 2. The highest BCUT2D eigenvalue weighted by molar-refractivity contribution is 6.01. The molecule has 1 saturated heterocycles. The minimum atomic E-state index is -0.554. The molecule has 1 aromatic rings. The van der Waals surface area contributed by atoms with Crippen molar-refractivity contribution in [3.63, 3.8) is 0 Å². The van der Waals surface area contributed by atoms with E-state index in [0.717, 1.165) is 6.42 Å². The van der Waals surface area contributed by atoms with Gasteiger partial charge in [0.15, 0.2) is 5.78 Å². The molecule has 0 spiro atoms. The van der Waals surface area contributed by atoms with Gasteiger partial charge in [-0.3, -0.25) is 14.7 Å². The molecule has 5 heteroatoms. The number of rotatable bonds is 2. The van der Waals surface area contributed by atoms with Crippen molar-refractivity contribution in [3.8, 4) is 0 Å². The van der Waals surface area contributed by atoms with Crippen LogP contribution in [0.25, 0.3) is 0 Å². The number of Topliss-reactive ketones (excluding diaryl/α,β-unsaturated/α-hetero) is 1. The lowest BCUT2D eigenvalue weighted by Crippen LogP contribution is -2.43. The first-order valence-corrected chi connectivity index (χ1v) is 6.82. The molecule has 5 nitrogen and oxygen atoms in total. The van der Waals surface area contributed by atoms with E-state index in [1.54, 1.807) is 18.3 Å². The van der Waals surface area contributed by atoms with Crippen molar-refractivity contribution in [1.29, 1.82) is 0 Å². The number of hydrogen-bond acceptors (Lipinski definition) is 4. The highest BCUT2D eigenvalue weighted by atomic mass is 16.6. The number of amides is 1. The van der Waals surface area contributed by atoms with Gasteiger partial charge in [-0.25, -0.2) is 4.79 Å². The number of likely N-dealkylation sites (tertiary alicyclic amines) is 1. The van der Waals surface area contributed by atoms with E-state index in [4.69, 9.17) is 4.74 Å². The van der Waals surface area contributed by atoms with Crippen molar-refractivity contribution < 1.29 is 14.3 Å². The monoisotopic (exact) mass is 276 g/mol. The van der Waals surface area contributed by atoms with Crippen LogP contribution in [0.2, 0.25) is 0 Å². The van der Waals surface area contributed by atoms with Gasteiger partial charge in [-0.15, -0.1) is 0 Å². The number of carbonyl (C=O) groups excluding carboxylic acids is 2. The van der Waals surface area contributed by atoms with Crippen LogP contribution in [0.1, 0.15) is 44.0 Å². The lowest BCUT2D eigenvalue weighted by Gasteiger charge is -2.27. The van der Waals surface area contributed by atoms with Crippen LogP contribution < -0.4 is 0 Å². The van der Waals surface area contributed by atoms with Crippen LogP contribution in [0.5, 0.6) is 0 Å². The minimum Gasteiger partial charge on any atom is -0.444 e. The Balaban J connectivity index is 2.11. The van der Waals surface area contributed by atoms with Gasteiger partial charge in [0.25, 0.3) is 0 Å². The Morgan fingerprint density at radius 2 is 2.15 bits per heavy atom. The largest absolute Gasteiger partial charge is 0.444 e. The van der Waals surface area contributed by atoms with Crippen LogP contribution in [0, 0.1) is 0 Å². The van der Waals surface area contributed by atoms with Gasteiger partial charge in [-0.2, -0.15) is 0 Å². The molecule has 1 aliphatic heterocycles. The second-order valence-corrected chi connectivity index (χ2v) is 5.94. The summed E-state index contributed by atoms with van der Waals surface area (Å²) < 4.78 is 5.36. The first-order chi connectivity index (χ1) is 9.38. The average Bonchev–Trinajstić information content (AvgIpc) is 2.86. The van der Waals surface area contributed by atoms with E-state index in [2.05, 4.69) is 4.98 Å². The van der Waals surface area contributed by atoms with Crippen molar-refractivity contribution in [3.05, 3.63) is 30.1 Å². The fourth-order valence-corrected chi connectivity index (χ4v) is 2.28. The summed E-state index contributed by atoms with van der Waals surface area (Å²) >= 11 is 0. The fourth-order valence-electron chi connectivity index (χ4n) is 2.28. The molecule has 0 aliphatic carbocycles. The van der Waals surface area contributed by atoms with Gasteiger partial charge in [0, 0.05) is 24.5 Å². The summed E-state index contributed by atoms with van der Waals surface area (Å²) in [5, 5.41) is 0. The van der Waals surface area contributed by atoms with Crippen molar-refractivity contribution in [2.75, 3.05) is 6.54 Å². The number of carbonyl (C=O) groups is 2. The molecule has 0 aromatic carbocycles. The van der Waals surface area contributed by atoms with E-state index in [1.165, 1.54) is 11.1 Å². The zero-order chi connectivity index (χ0) is 14.8. The second kappa shape index (κ2) is 5.61. The van der Waals surface area contributed by atoms with Crippen LogP contribution in [0.15, 0.2) is 24.5 Å². The quantitative estimate of drug-likeness (QED) is 0.779. The van der Waals surface area contributed by atoms with Crippen LogP contribution in [0.4, 0.5) is 4.79 Å². The van der Waals surface area contributed by atoms with Gasteiger partial charge in [-0.05, 0) is 45.7 Å². The summed E-state index contributed by atoms with van der Waals surface area (Å²) in [5.41, 5.74) is -0.0188. The third-order valence-electron chi connectivity index (χ3n) is 3.13. The summed E-state index contributed by atoms with van der Waals surface area (Å²) in [7, 11) is 0. The van der Waals surface area contributed by atoms with E-state index in [-0.39, 0.29) is 5.78 Å². The molecule has 0 N–H and O–H groups in total. The van der Waals surface area contributed by atoms with Crippen LogP contribution >= 0.6 is 0 Å². The van der Waals surface area contributed by atoms with E-state index in [1.807, 2.05) is 20.8 Å². The first kappa shape index (κ1) is 14.5.